The Morgan fingerprint density at radius 3 is 2.82 bits per heavy atom. The van der Waals surface area contributed by atoms with Crippen molar-refractivity contribution in [1.82, 2.24) is 0 Å². The Balaban J connectivity index is 2.81. The van der Waals surface area contributed by atoms with Crippen molar-refractivity contribution in [3.05, 3.63) is 32.8 Å². The van der Waals surface area contributed by atoms with E-state index in [1.54, 1.807) is 6.08 Å². The molecule has 0 heterocycles. The number of halogens is 2. The van der Waals surface area contributed by atoms with Gasteiger partial charge in [0.15, 0.2) is 0 Å². The number of alkyl halides is 1. The number of nitro groups is 1. The van der Waals surface area contributed by atoms with Gasteiger partial charge in [0.2, 0.25) is 6.04 Å². The molecule has 0 saturated heterocycles. The first-order valence-electron chi connectivity index (χ1n) is 2.94. The van der Waals surface area contributed by atoms with Gasteiger partial charge in [-0.1, -0.05) is 50.7 Å². The van der Waals surface area contributed by atoms with Gasteiger partial charge in [-0.05, 0) is 0 Å². The molecule has 5 heteroatoms. The first-order chi connectivity index (χ1) is 5.11. The molecule has 2 atom stereocenters. The lowest BCUT2D eigenvalue weighted by Crippen LogP contribution is -2.27. The van der Waals surface area contributed by atoms with Gasteiger partial charge >= 0.3 is 0 Å². The number of rotatable bonds is 1. The maximum Gasteiger partial charge on any atom is 0.247 e. The van der Waals surface area contributed by atoms with E-state index in [9.17, 15) is 10.1 Å². The van der Waals surface area contributed by atoms with Gasteiger partial charge in [0.1, 0.15) is 3.92 Å². The highest BCUT2D eigenvalue weighted by atomic mass is 127. The third-order valence-corrected chi connectivity index (χ3v) is 3.02. The van der Waals surface area contributed by atoms with E-state index >= 15 is 0 Å². The van der Waals surface area contributed by atoms with E-state index in [1.165, 1.54) is 0 Å². The summed E-state index contributed by atoms with van der Waals surface area (Å²) in [5.41, 5.74) is 0. The lowest BCUT2D eigenvalue weighted by Gasteiger charge is -2.11. The minimum atomic E-state index is -0.588. The van der Waals surface area contributed by atoms with Gasteiger partial charge < -0.3 is 0 Å². The first-order valence-corrected chi connectivity index (χ1v) is 4.98. The zero-order valence-electron chi connectivity index (χ0n) is 5.41. The molecular formula is C6H5BrINO2. The second-order valence-electron chi connectivity index (χ2n) is 2.13. The van der Waals surface area contributed by atoms with Gasteiger partial charge in [-0.15, -0.1) is 0 Å². The Bertz CT molecular complexity index is 239. The Morgan fingerprint density at radius 2 is 2.36 bits per heavy atom. The lowest BCUT2D eigenvalue weighted by atomic mass is 10.1. The average Bonchev–Trinajstić information content (AvgIpc) is 1.94. The third kappa shape index (κ3) is 2.26. The van der Waals surface area contributed by atoms with Gasteiger partial charge in [0.05, 0.1) is 0 Å². The fraction of sp³-hybridized carbons (Fsp3) is 0.333. The highest BCUT2D eigenvalue weighted by Gasteiger charge is 2.27. The van der Waals surface area contributed by atoms with Crippen LogP contribution >= 0.6 is 38.5 Å². The Labute approximate surface area is 86.0 Å². The molecule has 1 aliphatic rings. The van der Waals surface area contributed by atoms with E-state index < -0.39 is 6.04 Å². The second kappa shape index (κ2) is 3.66. The molecule has 1 aliphatic carbocycles. The van der Waals surface area contributed by atoms with E-state index in [2.05, 4.69) is 38.5 Å². The van der Waals surface area contributed by atoms with Crippen LogP contribution in [-0.2, 0) is 0 Å². The van der Waals surface area contributed by atoms with Crippen molar-refractivity contribution in [2.24, 2.45) is 0 Å². The maximum absolute atomic E-state index is 10.4. The Kier molecular flexibility index (Phi) is 3.06. The SMILES string of the molecule is O=[N+]([O-])C1C=C(Br)C=CC1I. The predicted octanol–water partition coefficient (Wildman–Crippen LogP) is 2.28. The monoisotopic (exact) mass is 329 g/mol. The van der Waals surface area contributed by atoms with Crippen LogP contribution in [0.5, 0.6) is 0 Å². The lowest BCUT2D eigenvalue weighted by molar-refractivity contribution is -0.506. The van der Waals surface area contributed by atoms with Crippen molar-refractivity contribution in [3.63, 3.8) is 0 Å². The summed E-state index contributed by atoms with van der Waals surface area (Å²) in [5, 5.41) is 10.4. The zero-order valence-corrected chi connectivity index (χ0v) is 9.15. The Morgan fingerprint density at radius 1 is 1.73 bits per heavy atom. The first kappa shape index (κ1) is 9.18. The molecule has 2 unspecified atom stereocenters. The molecule has 0 N–H and O–H groups in total. The van der Waals surface area contributed by atoms with Crippen molar-refractivity contribution >= 4 is 38.5 Å². The van der Waals surface area contributed by atoms with Crippen molar-refractivity contribution in [1.29, 1.82) is 0 Å². The quantitative estimate of drug-likeness (QED) is 0.320. The van der Waals surface area contributed by atoms with Gasteiger partial charge in [-0.3, -0.25) is 10.1 Å². The van der Waals surface area contributed by atoms with Crippen LogP contribution in [-0.4, -0.2) is 14.9 Å². The van der Waals surface area contributed by atoms with E-state index in [4.69, 9.17) is 0 Å². The van der Waals surface area contributed by atoms with Crippen LogP contribution in [0.2, 0.25) is 0 Å². The number of nitrogens with zero attached hydrogens (tertiary/aromatic N) is 1. The van der Waals surface area contributed by atoms with E-state index in [0.29, 0.717) is 0 Å². The minimum absolute atomic E-state index is 0.0381. The molecule has 0 amide bonds. The summed E-state index contributed by atoms with van der Waals surface area (Å²) in [7, 11) is 0. The van der Waals surface area contributed by atoms with Crippen LogP contribution in [0.4, 0.5) is 0 Å². The summed E-state index contributed by atoms with van der Waals surface area (Å²) in [4.78, 5) is 10.1. The topological polar surface area (TPSA) is 43.1 Å². The normalized spacial score (nSPS) is 29.8. The second-order valence-corrected chi connectivity index (χ2v) is 4.49. The molecule has 1 rings (SSSR count). The molecule has 3 nitrogen and oxygen atoms in total. The van der Waals surface area contributed by atoms with Gasteiger partial charge in [-0.2, -0.15) is 0 Å². The van der Waals surface area contributed by atoms with Crippen LogP contribution in [0.1, 0.15) is 0 Å². The fourth-order valence-electron chi connectivity index (χ4n) is 0.785. The smallest absolute Gasteiger partial charge is 0.247 e. The average molecular weight is 330 g/mol. The highest BCUT2D eigenvalue weighted by molar-refractivity contribution is 14.1. The molecule has 0 spiro atoms. The van der Waals surface area contributed by atoms with Crippen LogP contribution in [0.3, 0.4) is 0 Å². The van der Waals surface area contributed by atoms with Crippen LogP contribution < -0.4 is 0 Å². The summed E-state index contributed by atoms with van der Waals surface area (Å²) in [6, 6.07) is -0.588. The van der Waals surface area contributed by atoms with E-state index in [1.807, 2.05) is 12.2 Å². The van der Waals surface area contributed by atoms with Crippen LogP contribution in [0.25, 0.3) is 0 Å². The molecule has 0 aromatic rings. The summed E-state index contributed by atoms with van der Waals surface area (Å²) in [6.45, 7) is 0. The molecular weight excluding hydrogens is 325 g/mol. The molecule has 0 aromatic heterocycles. The van der Waals surface area contributed by atoms with E-state index in [-0.39, 0.29) is 8.85 Å². The molecule has 11 heavy (non-hydrogen) atoms. The van der Waals surface area contributed by atoms with Crippen LogP contribution in [0, 0.1) is 10.1 Å². The highest BCUT2D eigenvalue weighted by Crippen LogP contribution is 2.22. The van der Waals surface area contributed by atoms with Crippen molar-refractivity contribution in [2.75, 3.05) is 0 Å². The largest absolute Gasteiger partial charge is 0.264 e. The molecule has 0 bridgehead atoms. The standard InChI is InChI=1S/C6H5BrINO2/c7-4-1-2-5(8)6(3-4)9(10)11/h1-3,5-6H. The van der Waals surface area contributed by atoms with Gasteiger partial charge in [0.25, 0.3) is 0 Å². The number of allylic oxidation sites excluding steroid dienone is 2. The Hall–Kier alpha value is 0.0900. The van der Waals surface area contributed by atoms with Crippen molar-refractivity contribution in [3.8, 4) is 0 Å². The molecule has 0 aliphatic heterocycles. The summed E-state index contributed by atoms with van der Waals surface area (Å²) in [6.07, 6.45) is 5.26. The zero-order chi connectivity index (χ0) is 8.43. The van der Waals surface area contributed by atoms with Gasteiger partial charge in [0, 0.05) is 15.5 Å². The van der Waals surface area contributed by atoms with Crippen LogP contribution in [0.15, 0.2) is 22.7 Å². The predicted molar refractivity (Wildman–Crippen MR) is 54.7 cm³/mol. The summed E-state index contributed by atoms with van der Waals surface area (Å²) < 4.78 is 0.746. The van der Waals surface area contributed by atoms with Crippen molar-refractivity contribution in [2.45, 2.75) is 9.97 Å². The fourth-order valence-corrected chi connectivity index (χ4v) is 1.89. The maximum atomic E-state index is 10.4. The summed E-state index contributed by atoms with van der Waals surface area (Å²) in [5.74, 6) is 0. The summed E-state index contributed by atoms with van der Waals surface area (Å²) >= 11 is 5.24. The molecule has 0 saturated carbocycles. The minimum Gasteiger partial charge on any atom is -0.264 e. The molecule has 60 valence electrons. The molecule has 0 fully saturated rings. The molecule has 0 aromatic carbocycles. The third-order valence-electron chi connectivity index (χ3n) is 1.34. The van der Waals surface area contributed by atoms with E-state index in [0.717, 1.165) is 4.48 Å². The number of hydrogen-bond acceptors (Lipinski definition) is 2. The van der Waals surface area contributed by atoms with Crippen molar-refractivity contribution < 1.29 is 4.92 Å². The molecule has 0 radical (unpaired) electrons. The van der Waals surface area contributed by atoms with Gasteiger partial charge in [-0.25, -0.2) is 0 Å². The number of hydrogen-bond donors (Lipinski definition) is 0.